The van der Waals surface area contributed by atoms with E-state index in [9.17, 15) is 9.59 Å². The summed E-state index contributed by atoms with van der Waals surface area (Å²) in [6.45, 7) is 8.48. The molecule has 0 unspecified atom stereocenters. The van der Waals surface area contributed by atoms with Gasteiger partial charge in [0.2, 0.25) is 5.91 Å². The monoisotopic (exact) mass is 257 g/mol. The van der Waals surface area contributed by atoms with Crippen molar-refractivity contribution < 1.29 is 14.3 Å². The Morgan fingerprint density at radius 2 is 1.83 bits per heavy atom. The number of nitrogens with one attached hydrogen (secondary N) is 1. The standard InChI is InChI=1S/C14H27NO3/c1-5-7-9-18-14(17)10-12(11(3)4)15-13(16)8-6-2/h11-12H,5-10H2,1-4H3,(H,15,16)/t12-/m0/s1. The second kappa shape index (κ2) is 9.92. The minimum atomic E-state index is -0.223. The lowest BCUT2D eigenvalue weighted by Crippen LogP contribution is -2.40. The van der Waals surface area contributed by atoms with Crippen molar-refractivity contribution >= 4 is 11.9 Å². The van der Waals surface area contributed by atoms with Gasteiger partial charge in [0.1, 0.15) is 0 Å². The summed E-state index contributed by atoms with van der Waals surface area (Å²) in [6, 6.07) is -0.127. The van der Waals surface area contributed by atoms with Crippen LogP contribution < -0.4 is 5.32 Å². The van der Waals surface area contributed by atoms with Gasteiger partial charge >= 0.3 is 5.97 Å². The van der Waals surface area contributed by atoms with Gasteiger partial charge in [-0.05, 0) is 18.8 Å². The van der Waals surface area contributed by atoms with E-state index in [2.05, 4.69) is 12.2 Å². The van der Waals surface area contributed by atoms with E-state index in [0.29, 0.717) is 13.0 Å². The highest BCUT2D eigenvalue weighted by Crippen LogP contribution is 2.08. The van der Waals surface area contributed by atoms with Crippen LogP contribution in [0, 0.1) is 5.92 Å². The fraction of sp³-hybridized carbons (Fsp3) is 0.857. The van der Waals surface area contributed by atoms with Gasteiger partial charge in [0.15, 0.2) is 0 Å². The van der Waals surface area contributed by atoms with Gasteiger partial charge in [0, 0.05) is 12.5 Å². The molecule has 0 aliphatic rings. The van der Waals surface area contributed by atoms with Crippen LogP contribution in [0.2, 0.25) is 0 Å². The van der Waals surface area contributed by atoms with E-state index in [-0.39, 0.29) is 30.3 Å². The van der Waals surface area contributed by atoms with E-state index >= 15 is 0 Å². The summed E-state index contributed by atoms with van der Waals surface area (Å²) < 4.78 is 5.11. The molecule has 4 heteroatoms. The third kappa shape index (κ3) is 8.09. The Bertz CT molecular complexity index is 251. The molecule has 0 saturated carbocycles. The zero-order chi connectivity index (χ0) is 14.0. The van der Waals surface area contributed by atoms with E-state index in [4.69, 9.17) is 4.74 Å². The minimum absolute atomic E-state index is 0.0116. The van der Waals surface area contributed by atoms with Crippen molar-refractivity contribution in [2.24, 2.45) is 5.92 Å². The first-order valence-corrected chi connectivity index (χ1v) is 6.96. The van der Waals surface area contributed by atoms with Crippen LogP contribution in [0.3, 0.4) is 0 Å². The van der Waals surface area contributed by atoms with Crippen LogP contribution in [0.15, 0.2) is 0 Å². The molecular formula is C14H27NO3. The molecule has 0 radical (unpaired) electrons. The second-order valence-electron chi connectivity index (χ2n) is 4.95. The van der Waals surface area contributed by atoms with Gasteiger partial charge in [-0.1, -0.05) is 34.1 Å². The van der Waals surface area contributed by atoms with Crippen LogP contribution in [-0.2, 0) is 14.3 Å². The highest BCUT2D eigenvalue weighted by Gasteiger charge is 2.20. The Hall–Kier alpha value is -1.06. The van der Waals surface area contributed by atoms with Crippen molar-refractivity contribution in [3.05, 3.63) is 0 Å². The average molecular weight is 257 g/mol. The summed E-state index contributed by atoms with van der Waals surface area (Å²) in [7, 11) is 0. The summed E-state index contributed by atoms with van der Waals surface area (Å²) in [5, 5.41) is 2.90. The van der Waals surface area contributed by atoms with Gasteiger partial charge in [-0.15, -0.1) is 0 Å². The lowest BCUT2D eigenvalue weighted by atomic mass is 10.0. The van der Waals surface area contributed by atoms with Gasteiger partial charge in [0.25, 0.3) is 0 Å². The van der Waals surface area contributed by atoms with Gasteiger partial charge in [-0.3, -0.25) is 9.59 Å². The molecule has 0 aromatic heterocycles. The Kier molecular flexibility index (Phi) is 9.33. The van der Waals surface area contributed by atoms with Crippen LogP contribution >= 0.6 is 0 Å². The Morgan fingerprint density at radius 3 is 2.33 bits per heavy atom. The van der Waals surface area contributed by atoms with E-state index in [1.165, 1.54) is 0 Å². The van der Waals surface area contributed by atoms with Crippen LogP contribution in [0.5, 0.6) is 0 Å². The molecule has 1 amide bonds. The molecule has 0 heterocycles. The van der Waals surface area contributed by atoms with Crippen molar-refractivity contribution in [3.8, 4) is 0 Å². The van der Waals surface area contributed by atoms with Crippen molar-refractivity contribution in [2.45, 2.75) is 65.8 Å². The first-order valence-electron chi connectivity index (χ1n) is 6.96. The molecule has 1 atom stereocenters. The molecule has 0 spiro atoms. The zero-order valence-electron chi connectivity index (χ0n) is 12.1. The lowest BCUT2D eigenvalue weighted by Gasteiger charge is -2.21. The van der Waals surface area contributed by atoms with Gasteiger partial charge in [-0.2, -0.15) is 0 Å². The molecule has 0 rings (SSSR count). The third-order valence-electron chi connectivity index (χ3n) is 2.78. The van der Waals surface area contributed by atoms with Crippen LogP contribution in [0.4, 0.5) is 0 Å². The average Bonchev–Trinajstić information content (AvgIpc) is 2.28. The first-order chi connectivity index (χ1) is 8.51. The SMILES string of the molecule is CCCCOC(=O)C[C@H](NC(=O)CCC)C(C)C. The number of carbonyl (C=O) groups is 2. The van der Waals surface area contributed by atoms with Crippen molar-refractivity contribution in [2.75, 3.05) is 6.61 Å². The lowest BCUT2D eigenvalue weighted by molar-refractivity contribution is -0.144. The molecule has 0 aromatic rings. The maximum Gasteiger partial charge on any atom is 0.307 e. The maximum absolute atomic E-state index is 11.6. The molecule has 0 aliphatic carbocycles. The maximum atomic E-state index is 11.6. The Morgan fingerprint density at radius 1 is 1.17 bits per heavy atom. The fourth-order valence-corrected chi connectivity index (χ4v) is 1.53. The molecule has 0 fully saturated rings. The van der Waals surface area contributed by atoms with Gasteiger partial charge in [0.05, 0.1) is 13.0 Å². The highest BCUT2D eigenvalue weighted by atomic mass is 16.5. The quantitative estimate of drug-likeness (QED) is 0.510. The summed E-state index contributed by atoms with van der Waals surface area (Å²) in [5.74, 6) is 0.0148. The highest BCUT2D eigenvalue weighted by molar-refractivity contribution is 5.77. The number of carbonyl (C=O) groups excluding carboxylic acids is 2. The predicted molar refractivity (Wildman–Crippen MR) is 72.2 cm³/mol. The number of ether oxygens (including phenoxy) is 1. The Balaban J connectivity index is 4.10. The number of hydrogen-bond acceptors (Lipinski definition) is 3. The van der Waals surface area contributed by atoms with E-state index < -0.39 is 0 Å². The summed E-state index contributed by atoms with van der Waals surface area (Å²) in [4.78, 5) is 23.1. The van der Waals surface area contributed by atoms with Crippen LogP contribution in [-0.4, -0.2) is 24.5 Å². The number of amides is 1. The predicted octanol–water partition coefficient (Wildman–Crippen LogP) is 2.66. The van der Waals surface area contributed by atoms with Gasteiger partial charge < -0.3 is 10.1 Å². The molecule has 18 heavy (non-hydrogen) atoms. The Labute approximate surface area is 110 Å². The van der Waals surface area contributed by atoms with E-state index in [1.807, 2.05) is 20.8 Å². The normalized spacial score (nSPS) is 12.3. The molecule has 0 saturated heterocycles. The first kappa shape index (κ1) is 16.9. The van der Waals surface area contributed by atoms with Crippen LogP contribution in [0.1, 0.15) is 59.8 Å². The van der Waals surface area contributed by atoms with Crippen molar-refractivity contribution in [1.82, 2.24) is 5.32 Å². The van der Waals surface area contributed by atoms with Gasteiger partial charge in [-0.25, -0.2) is 0 Å². The van der Waals surface area contributed by atoms with E-state index in [1.54, 1.807) is 0 Å². The van der Waals surface area contributed by atoms with Crippen LogP contribution in [0.25, 0.3) is 0 Å². The molecular weight excluding hydrogens is 230 g/mol. The summed E-state index contributed by atoms with van der Waals surface area (Å²) >= 11 is 0. The molecule has 1 N–H and O–H groups in total. The number of hydrogen-bond donors (Lipinski definition) is 1. The second-order valence-corrected chi connectivity index (χ2v) is 4.95. The van der Waals surface area contributed by atoms with E-state index in [0.717, 1.165) is 19.3 Å². The molecule has 106 valence electrons. The fourth-order valence-electron chi connectivity index (χ4n) is 1.53. The summed E-state index contributed by atoms with van der Waals surface area (Å²) in [6.07, 6.45) is 3.48. The smallest absolute Gasteiger partial charge is 0.307 e. The van der Waals surface area contributed by atoms with Crippen molar-refractivity contribution in [1.29, 1.82) is 0 Å². The molecule has 4 nitrogen and oxygen atoms in total. The number of rotatable bonds is 9. The zero-order valence-corrected chi connectivity index (χ0v) is 12.1. The summed E-state index contributed by atoms with van der Waals surface area (Å²) in [5.41, 5.74) is 0. The molecule has 0 aromatic carbocycles. The molecule has 0 bridgehead atoms. The number of unbranched alkanes of at least 4 members (excludes halogenated alkanes) is 1. The van der Waals surface area contributed by atoms with Crippen molar-refractivity contribution in [3.63, 3.8) is 0 Å². The minimum Gasteiger partial charge on any atom is -0.466 e. The molecule has 0 aliphatic heterocycles. The largest absolute Gasteiger partial charge is 0.466 e. The topological polar surface area (TPSA) is 55.4 Å². The third-order valence-corrected chi connectivity index (χ3v) is 2.78. The number of esters is 1.